The first kappa shape index (κ1) is 15.8. The van der Waals surface area contributed by atoms with Gasteiger partial charge in [-0.15, -0.1) is 0 Å². The smallest absolute Gasteiger partial charge is 0.219 e. The molecule has 128 valence electrons. The standard InChI is InChI=1S/C17H22N4O2S/c1-17(6-7-17)24(22,23)21-10-4-14(5-11-21)16-12-15(19-20-16)13-2-8-18-9-3-13/h2-3,8-9,12,14H,4-7,10-11H2,1H3,(H,19,20). The van der Waals surface area contributed by atoms with Gasteiger partial charge < -0.3 is 0 Å². The predicted molar refractivity (Wildman–Crippen MR) is 91.9 cm³/mol. The maximum absolute atomic E-state index is 12.6. The number of rotatable bonds is 4. The summed E-state index contributed by atoms with van der Waals surface area (Å²) in [6.07, 6.45) is 6.79. The van der Waals surface area contributed by atoms with Gasteiger partial charge in [-0.3, -0.25) is 10.1 Å². The summed E-state index contributed by atoms with van der Waals surface area (Å²) in [5, 5.41) is 7.53. The Bertz CT molecular complexity index is 819. The van der Waals surface area contributed by atoms with Crippen LogP contribution in [0, 0.1) is 0 Å². The molecule has 0 amide bonds. The van der Waals surface area contributed by atoms with Gasteiger partial charge in [0.25, 0.3) is 0 Å². The van der Waals surface area contributed by atoms with Crippen molar-refractivity contribution in [1.82, 2.24) is 19.5 Å². The topological polar surface area (TPSA) is 79.0 Å². The molecule has 0 radical (unpaired) electrons. The summed E-state index contributed by atoms with van der Waals surface area (Å²) in [4.78, 5) is 4.02. The molecule has 7 heteroatoms. The maximum Gasteiger partial charge on any atom is 0.219 e. The Morgan fingerprint density at radius 2 is 1.88 bits per heavy atom. The van der Waals surface area contributed by atoms with E-state index in [1.165, 1.54) is 0 Å². The molecule has 1 saturated heterocycles. The summed E-state index contributed by atoms with van der Waals surface area (Å²) >= 11 is 0. The Hall–Kier alpha value is -1.73. The van der Waals surface area contributed by atoms with Crippen LogP contribution in [0.15, 0.2) is 30.6 Å². The molecule has 4 rings (SSSR count). The summed E-state index contributed by atoms with van der Waals surface area (Å²) in [6, 6.07) is 5.95. The molecule has 0 aromatic carbocycles. The fourth-order valence-electron chi connectivity index (χ4n) is 3.37. The molecule has 24 heavy (non-hydrogen) atoms. The molecule has 0 spiro atoms. The lowest BCUT2D eigenvalue weighted by Crippen LogP contribution is -2.43. The fourth-order valence-corrected chi connectivity index (χ4v) is 5.30. The lowest BCUT2D eigenvalue weighted by molar-refractivity contribution is 0.313. The van der Waals surface area contributed by atoms with Gasteiger partial charge in [-0.05, 0) is 50.8 Å². The largest absolute Gasteiger partial charge is 0.282 e. The number of sulfonamides is 1. The Morgan fingerprint density at radius 3 is 2.50 bits per heavy atom. The Morgan fingerprint density at radius 1 is 1.21 bits per heavy atom. The lowest BCUT2D eigenvalue weighted by Gasteiger charge is -2.32. The van der Waals surface area contributed by atoms with Crippen LogP contribution in [0.1, 0.15) is 44.2 Å². The number of piperidine rings is 1. The molecule has 2 fully saturated rings. The minimum atomic E-state index is -3.13. The van der Waals surface area contributed by atoms with E-state index in [1.54, 1.807) is 16.7 Å². The van der Waals surface area contributed by atoms with Crippen molar-refractivity contribution in [2.24, 2.45) is 0 Å². The van der Waals surface area contributed by atoms with E-state index in [9.17, 15) is 8.42 Å². The molecule has 6 nitrogen and oxygen atoms in total. The van der Waals surface area contributed by atoms with Crippen LogP contribution in [0.25, 0.3) is 11.3 Å². The van der Waals surface area contributed by atoms with Crippen molar-refractivity contribution in [2.75, 3.05) is 13.1 Å². The summed E-state index contributed by atoms with van der Waals surface area (Å²) < 4.78 is 26.4. The van der Waals surface area contributed by atoms with Gasteiger partial charge in [0.15, 0.2) is 0 Å². The van der Waals surface area contributed by atoms with Crippen LogP contribution in [0.5, 0.6) is 0 Å². The van der Waals surface area contributed by atoms with E-state index < -0.39 is 14.8 Å². The van der Waals surface area contributed by atoms with Crippen LogP contribution in [0.3, 0.4) is 0 Å². The Labute approximate surface area is 142 Å². The minimum Gasteiger partial charge on any atom is -0.282 e. The number of aromatic nitrogens is 3. The second kappa shape index (κ2) is 5.67. The van der Waals surface area contributed by atoms with Crippen molar-refractivity contribution in [3.8, 4) is 11.3 Å². The number of pyridine rings is 1. The van der Waals surface area contributed by atoms with E-state index in [1.807, 2.05) is 19.1 Å². The number of H-pyrrole nitrogens is 1. The average molecular weight is 346 g/mol. The third kappa shape index (κ3) is 2.65. The highest BCUT2D eigenvalue weighted by Gasteiger charge is 2.53. The first-order valence-corrected chi connectivity index (χ1v) is 9.89. The van der Waals surface area contributed by atoms with Crippen LogP contribution >= 0.6 is 0 Å². The first-order valence-electron chi connectivity index (χ1n) is 8.45. The number of hydrogen-bond acceptors (Lipinski definition) is 4. The third-order valence-corrected chi connectivity index (χ3v) is 8.08. The molecule has 2 aromatic rings. The van der Waals surface area contributed by atoms with E-state index in [-0.39, 0.29) is 0 Å². The van der Waals surface area contributed by atoms with Gasteiger partial charge >= 0.3 is 0 Å². The number of aromatic amines is 1. The van der Waals surface area contributed by atoms with E-state index in [0.29, 0.717) is 19.0 Å². The predicted octanol–water partition coefficient (Wildman–Crippen LogP) is 2.53. The van der Waals surface area contributed by atoms with Crippen molar-refractivity contribution in [1.29, 1.82) is 0 Å². The summed E-state index contributed by atoms with van der Waals surface area (Å²) in [5.74, 6) is 0.339. The van der Waals surface area contributed by atoms with Crippen LogP contribution in [-0.4, -0.2) is 45.7 Å². The van der Waals surface area contributed by atoms with Gasteiger partial charge in [0.05, 0.1) is 10.4 Å². The molecular weight excluding hydrogens is 324 g/mol. The molecule has 0 atom stereocenters. The zero-order valence-corrected chi connectivity index (χ0v) is 14.6. The van der Waals surface area contributed by atoms with Gasteiger partial charge in [0, 0.05) is 42.7 Å². The first-order chi connectivity index (χ1) is 11.5. The highest BCUT2D eigenvalue weighted by molar-refractivity contribution is 7.90. The Kier molecular flexibility index (Phi) is 3.73. The van der Waals surface area contributed by atoms with E-state index >= 15 is 0 Å². The fraction of sp³-hybridized carbons (Fsp3) is 0.529. The molecule has 1 aliphatic carbocycles. The average Bonchev–Trinajstić information content (AvgIpc) is 3.19. The maximum atomic E-state index is 12.6. The second-order valence-corrected chi connectivity index (χ2v) is 9.52. The molecule has 1 aliphatic heterocycles. The highest BCUT2D eigenvalue weighted by Crippen LogP contribution is 2.45. The van der Waals surface area contributed by atoms with Crippen molar-refractivity contribution in [3.63, 3.8) is 0 Å². The molecule has 3 heterocycles. The number of nitrogens with one attached hydrogen (secondary N) is 1. The zero-order chi connectivity index (χ0) is 16.8. The van der Waals surface area contributed by atoms with Gasteiger partial charge in [-0.2, -0.15) is 5.10 Å². The van der Waals surface area contributed by atoms with Crippen molar-refractivity contribution >= 4 is 10.0 Å². The molecule has 1 saturated carbocycles. The summed E-state index contributed by atoms with van der Waals surface area (Å²) in [6.45, 7) is 3.07. The summed E-state index contributed by atoms with van der Waals surface area (Å²) in [7, 11) is -3.13. The Balaban J connectivity index is 1.44. The van der Waals surface area contributed by atoms with Crippen molar-refractivity contribution in [3.05, 3.63) is 36.3 Å². The number of nitrogens with zero attached hydrogens (tertiary/aromatic N) is 3. The molecule has 2 aliphatic rings. The third-order valence-electron chi connectivity index (χ3n) is 5.38. The molecule has 0 unspecified atom stereocenters. The van der Waals surface area contributed by atoms with Crippen molar-refractivity contribution in [2.45, 2.75) is 43.3 Å². The van der Waals surface area contributed by atoms with E-state index in [0.717, 1.165) is 42.6 Å². The summed E-state index contributed by atoms with van der Waals surface area (Å²) in [5.41, 5.74) is 3.04. The monoisotopic (exact) mass is 346 g/mol. The van der Waals surface area contributed by atoms with Crippen LogP contribution < -0.4 is 0 Å². The highest BCUT2D eigenvalue weighted by atomic mass is 32.2. The lowest BCUT2D eigenvalue weighted by atomic mass is 9.94. The quantitative estimate of drug-likeness (QED) is 0.923. The molecule has 1 N–H and O–H groups in total. The SMILES string of the molecule is CC1(S(=O)(=O)N2CCC(c3cc(-c4ccncc4)n[nH]3)CC2)CC1. The number of hydrogen-bond donors (Lipinski definition) is 1. The van der Waals surface area contributed by atoms with Gasteiger partial charge in [-0.1, -0.05) is 0 Å². The van der Waals surface area contributed by atoms with Crippen LogP contribution in [0.2, 0.25) is 0 Å². The van der Waals surface area contributed by atoms with Crippen LogP contribution in [0.4, 0.5) is 0 Å². The zero-order valence-electron chi connectivity index (χ0n) is 13.8. The molecule has 0 bridgehead atoms. The van der Waals surface area contributed by atoms with E-state index in [2.05, 4.69) is 21.2 Å². The minimum absolute atomic E-state index is 0.339. The molecular formula is C17H22N4O2S. The second-order valence-electron chi connectivity index (χ2n) is 7.07. The van der Waals surface area contributed by atoms with Crippen LogP contribution in [-0.2, 0) is 10.0 Å². The van der Waals surface area contributed by atoms with Gasteiger partial charge in [-0.25, -0.2) is 12.7 Å². The molecule has 2 aromatic heterocycles. The van der Waals surface area contributed by atoms with Gasteiger partial charge in [0.1, 0.15) is 0 Å². The van der Waals surface area contributed by atoms with Crippen molar-refractivity contribution < 1.29 is 8.42 Å². The van der Waals surface area contributed by atoms with Gasteiger partial charge in [0.2, 0.25) is 10.0 Å². The normalized spacial score (nSPS) is 21.7. The van der Waals surface area contributed by atoms with E-state index in [4.69, 9.17) is 0 Å².